The third-order valence-corrected chi connectivity index (χ3v) is 13.9. The molecule has 0 fully saturated rings. The number of rotatable bonds is 1. The van der Waals surface area contributed by atoms with E-state index in [0.29, 0.717) is 9.79 Å². The van der Waals surface area contributed by atoms with E-state index in [1.54, 1.807) is 12.1 Å². The van der Waals surface area contributed by atoms with E-state index in [9.17, 15) is 8.42 Å². The molecule has 0 bridgehead atoms. The van der Waals surface area contributed by atoms with Crippen molar-refractivity contribution in [2.45, 2.75) is 9.79 Å². The molecule has 1 heterocycles. The van der Waals surface area contributed by atoms with Crippen LogP contribution < -0.4 is 10.5 Å². The van der Waals surface area contributed by atoms with Gasteiger partial charge in [0, 0.05) is 0 Å². The summed E-state index contributed by atoms with van der Waals surface area (Å²) in [5.74, 6) is 0. The standard InChI is InChI=1S/C12H8O2S.C6H5.Sb/c13-15(14,11-7-3-1-4-8-11)12-9-5-2-6-10-12;1-2-4-6-5-3-1;/h1-7,9H;1-5H;. The SMILES string of the molecule is O=S1(=O)c2cccc[c]2[Sb]([c]2ccccc2)[c]2ccccc21. The topological polar surface area (TPSA) is 34.1 Å². The summed E-state index contributed by atoms with van der Waals surface area (Å²) in [6.45, 7) is 0. The Morgan fingerprint density at radius 1 is 0.591 bits per heavy atom. The molecule has 0 amide bonds. The summed E-state index contributed by atoms with van der Waals surface area (Å²) in [7, 11) is -3.40. The second-order valence-electron chi connectivity index (χ2n) is 5.11. The van der Waals surface area contributed by atoms with Crippen LogP contribution >= 0.6 is 0 Å². The summed E-state index contributed by atoms with van der Waals surface area (Å²) in [5.41, 5.74) is 0. The zero-order chi connectivity index (χ0) is 15.2. The average Bonchev–Trinajstić information content (AvgIpc) is 2.56. The molecule has 0 aliphatic carbocycles. The monoisotopic (exact) mass is 414 g/mol. The predicted octanol–water partition coefficient (Wildman–Crippen LogP) is 1.35. The Balaban J connectivity index is 2.10. The van der Waals surface area contributed by atoms with E-state index in [1.165, 1.54) is 3.51 Å². The minimum absolute atomic E-state index is 0.501. The van der Waals surface area contributed by atoms with Crippen LogP contribution in [0.1, 0.15) is 0 Å². The summed E-state index contributed by atoms with van der Waals surface area (Å²) in [6.07, 6.45) is 0. The number of sulfone groups is 1. The van der Waals surface area contributed by atoms with Gasteiger partial charge >= 0.3 is 138 Å². The molecule has 1 aliphatic heterocycles. The van der Waals surface area contributed by atoms with Crippen molar-refractivity contribution in [3.8, 4) is 0 Å². The first-order valence-corrected chi connectivity index (χ1v) is 12.3. The molecule has 4 rings (SSSR count). The molecule has 1 aliphatic rings. The average molecular weight is 415 g/mol. The fraction of sp³-hybridized carbons (Fsp3) is 0. The van der Waals surface area contributed by atoms with Crippen LogP contribution in [0.2, 0.25) is 0 Å². The molecular formula is C18H13O2SSb. The Labute approximate surface area is 137 Å². The van der Waals surface area contributed by atoms with Crippen molar-refractivity contribution in [3.05, 3.63) is 78.9 Å². The third-order valence-electron chi connectivity index (χ3n) is 3.81. The van der Waals surface area contributed by atoms with E-state index in [-0.39, 0.29) is 0 Å². The van der Waals surface area contributed by atoms with Crippen molar-refractivity contribution in [1.82, 2.24) is 0 Å². The number of benzene rings is 3. The van der Waals surface area contributed by atoms with Gasteiger partial charge in [0.1, 0.15) is 0 Å². The zero-order valence-corrected chi connectivity index (χ0v) is 15.0. The first kappa shape index (κ1) is 14.0. The van der Waals surface area contributed by atoms with Gasteiger partial charge in [0.25, 0.3) is 0 Å². The van der Waals surface area contributed by atoms with Crippen molar-refractivity contribution < 1.29 is 8.42 Å². The molecule has 0 saturated heterocycles. The van der Waals surface area contributed by atoms with E-state index < -0.39 is 30.0 Å². The Hall–Kier alpha value is -1.57. The quantitative estimate of drug-likeness (QED) is 0.440. The Bertz CT molecular complexity index is 896. The molecule has 0 aromatic heterocycles. The number of hydrogen-bond acceptors (Lipinski definition) is 2. The Kier molecular flexibility index (Phi) is 3.36. The van der Waals surface area contributed by atoms with Gasteiger partial charge < -0.3 is 0 Å². The van der Waals surface area contributed by atoms with Gasteiger partial charge in [-0.05, 0) is 0 Å². The molecule has 0 saturated carbocycles. The summed E-state index contributed by atoms with van der Waals surface area (Å²) in [6, 6.07) is 25.4. The predicted molar refractivity (Wildman–Crippen MR) is 89.4 cm³/mol. The molecule has 22 heavy (non-hydrogen) atoms. The summed E-state index contributed by atoms with van der Waals surface area (Å²) >= 11 is -2.28. The van der Waals surface area contributed by atoms with E-state index in [0.717, 1.165) is 7.02 Å². The van der Waals surface area contributed by atoms with Gasteiger partial charge in [-0.15, -0.1) is 0 Å². The first-order chi connectivity index (χ1) is 10.7. The Morgan fingerprint density at radius 2 is 1.05 bits per heavy atom. The van der Waals surface area contributed by atoms with Crippen LogP contribution in [-0.2, 0) is 9.84 Å². The van der Waals surface area contributed by atoms with Gasteiger partial charge in [0.2, 0.25) is 0 Å². The summed E-state index contributed by atoms with van der Waals surface area (Å²) in [5, 5.41) is 0. The molecule has 4 heteroatoms. The van der Waals surface area contributed by atoms with Crippen LogP contribution in [-0.4, -0.2) is 28.6 Å². The molecule has 0 spiro atoms. The molecule has 3 aromatic rings. The molecule has 0 N–H and O–H groups in total. The molecule has 0 radical (unpaired) electrons. The van der Waals surface area contributed by atoms with Gasteiger partial charge in [-0.2, -0.15) is 0 Å². The molecule has 2 nitrogen and oxygen atoms in total. The van der Waals surface area contributed by atoms with Crippen molar-refractivity contribution in [1.29, 1.82) is 0 Å². The van der Waals surface area contributed by atoms with E-state index in [1.807, 2.05) is 54.6 Å². The normalized spacial score (nSPS) is 15.8. The van der Waals surface area contributed by atoms with Crippen LogP contribution in [0.15, 0.2) is 88.7 Å². The van der Waals surface area contributed by atoms with Crippen molar-refractivity contribution in [2.75, 3.05) is 0 Å². The van der Waals surface area contributed by atoms with E-state index >= 15 is 0 Å². The zero-order valence-electron chi connectivity index (χ0n) is 11.7. The van der Waals surface area contributed by atoms with Crippen LogP contribution in [0.25, 0.3) is 0 Å². The third kappa shape index (κ3) is 2.04. The van der Waals surface area contributed by atoms with Gasteiger partial charge in [0.05, 0.1) is 0 Å². The number of fused-ring (bicyclic) bond motifs is 2. The second-order valence-corrected chi connectivity index (χ2v) is 13.1. The van der Waals surface area contributed by atoms with Crippen molar-refractivity contribution in [2.24, 2.45) is 0 Å². The molecule has 0 unspecified atom stereocenters. The first-order valence-electron chi connectivity index (χ1n) is 6.98. The van der Waals surface area contributed by atoms with E-state index in [2.05, 4.69) is 12.1 Å². The van der Waals surface area contributed by atoms with Crippen LogP contribution in [0.4, 0.5) is 0 Å². The second kappa shape index (κ2) is 5.26. The Morgan fingerprint density at radius 3 is 1.59 bits per heavy atom. The van der Waals surface area contributed by atoms with E-state index in [4.69, 9.17) is 0 Å². The van der Waals surface area contributed by atoms with Crippen molar-refractivity contribution >= 4 is 40.6 Å². The molecule has 3 aromatic carbocycles. The van der Waals surface area contributed by atoms with Gasteiger partial charge in [-0.3, -0.25) is 0 Å². The summed E-state index contributed by atoms with van der Waals surface area (Å²) < 4.78 is 29.2. The maximum absolute atomic E-state index is 12.9. The fourth-order valence-electron chi connectivity index (χ4n) is 2.84. The van der Waals surface area contributed by atoms with Gasteiger partial charge in [-0.1, -0.05) is 0 Å². The van der Waals surface area contributed by atoms with Gasteiger partial charge in [0.15, 0.2) is 0 Å². The fourth-order valence-corrected chi connectivity index (χ4v) is 14.3. The number of hydrogen-bond donors (Lipinski definition) is 0. The maximum atomic E-state index is 12.9. The van der Waals surface area contributed by atoms with Crippen LogP contribution in [0.5, 0.6) is 0 Å². The van der Waals surface area contributed by atoms with Gasteiger partial charge in [-0.25, -0.2) is 0 Å². The summed E-state index contributed by atoms with van der Waals surface area (Å²) in [4.78, 5) is 1.00. The van der Waals surface area contributed by atoms with Crippen LogP contribution in [0.3, 0.4) is 0 Å². The van der Waals surface area contributed by atoms with Crippen LogP contribution in [0, 0.1) is 0 Å². The molecule has 0 atom stereocenters. The van der Waals surface area contributed by atoms with Crippen molar-refractivity contribution in [3.63, 3.8) is 0 Å². The minimum atomic E-state index is -3.40. The molecule has 108 valence electrons. The molecular weight excluding hydrogens is 402 g/mol.